The Morgan fingerprint density at radius 1 is 1.22 bits per heavy atom. The highest BCUT2D eigenvalue weighted by atomic mass is 19.1. The number of anilines is 1. The lowest BCUT2D eigenvalue weighted by molar-refractivity contribution is 0.0698. The van der Waals surface area contributed by atoms with Crippen molar-refractivity contribution in [3.8, 4) is 0 Å². The van der Waals surface area contributed by atoms with Gasteiger partial charge in [-0.3, -0.25) is 4.99 Å². The van der Waals surface area contributed by atoms with Gasteiger partial charge in [-0.15, -0.1) is 0 Å². The molecule has 0 saturated carbocycles. The molecule has 1 heterocycles. The Labute approximate surface area is 160 Å². The van der Waals surface area contributed by atoms with Gasteiger partial charge in [0.2, 0.25) is 0 Å². The summed E-state index contributed by atoms with van der Waals surface area (Å²) in [5, 5.41) is 6.42. The van der Waals surface area contributed by atoms with Crippen molar-refractivity contribution in [2.45, 2.75) is 13.0 Å². The van der Waals surface area contributed by atoms with Crippen molar-refractivity contribution in [2.24, 2.45) is 4.99 Å². The van der Waals surface area contributed by atoms with E-state index in [-0.39, 0.29) is 5.82 Å². The van der Waals surface area contributed by atoms with Crippen LogP contribution in [0.1, 0.15) is 12.0 Å². The Bertz CT molecular complexity index is 580. The van der Waals surface area contributed by atoms with Gasteiger partial charge in [0.1, 0.15) is 5.82 Å². The van der Waals surface area contributed by atoms with Gasteiger partial charge in [0.05, 0.1) is 32.1 Å². The monoisotopic (exact) mass is 382 g/mol. The fourth-order valence-corrected chi connectivity index (χ4v) is 2.75. The number of guanidine groups is 1. The van der Waals surface area contributed by atoms with Crippen molar-refractivity contribution in [2.75, 3.05) is 71.7 Å². The maximum Gasteiger partial charge on any atom is 0.191 e. The first-order chi connectivity index (χ1) is 13.2. The van der Waals surface area contributed by atoms with E-state index >= 15 is 0 Å². The molecule has 0 amide bonds. The Morgan fingerprint density at radius 3 is 2.74 bits per heavy atom. The van der Waals surface area contributed by atoms with Crippen LogP contribution in [0.3, 0.4) is 0 Å². The Morgan fingerprint density at radius 2 is 2.04 bits per heavy atom. The minimum Gasteiger partial charge on any atom is -0.382 e. The number of rotatable bonds is 10. The summed E-state index contributed by atoms with van der Waals surface area (Å²) in [4.78, 5) is 6.20. The van der Waals surface area contributed by atoms with Crippen molar-refractivity contribution in [3.05, 3.63) is 29.6 Å². The molecule has 0 spiro atoms. The third-order valence-electron chi connectivity index (χ3n) is 4.24. The quantitative estimate of drug-likeness (QED) is 0.362. The van der Waals surface area contributed by atoms with E-state index in [1.807, 2.05) is 17.0 Å². The number of benzene rings is 1. The molecule has 1 aliphatic heterocycles. The molecule has 27 heavy (non-hydrogen) atoms. The second-order valence-electron chi connectivity index (χ2n) is 6.20. The molecule has 152 valence electrons. The maximum absolute atomic E-state index is 14.4. The lowest BCUT2D eigenvalue weighted by atomic mass is 10.1. The molecule has 0 radical (unpaired) electrons. The number of nitrogens with one attached hydrogen (secondary N) is 2. The second kappa shape index (κ2) is 12.5. The second-order valence-corrected chi connectivity index (χ2v) is 6.20. The highest BCUT2D eigenvalue weighted by Gasteiger charge is 2.15. The first-order valence-electron chi connectivity index (χ1n) is 9.37. The fraction of sp³-hybridized carbons (Fsp3) is 0.632. The van der Waals surface area contributed by atoms with Crippen LogP contribution < -0.4 is 15.5 Å². The van der Waals surface area contributed by atoms with E-state index in [1.165, 1.54) is 0 Å². The largest absolute Gasteiger partial charge is 0.382 e. The van der Waals surface area contributed by atoms with Crippen LogP contribution in [0, 0.1) is 5.82 Å². The predicted molar refractivity (Wildman–Crippen MR) is 105 cm³/mol. The molecule has 1 saturated heterocycles. The molecular weight excluding hydrogens is 351 g/mol. The van der Waals surface area contributed by atoms with Crippen molar-refractivity contribution in [1.29, 1.82) is 0 Å². The van der Waals surface area contributed by atoms with Crippen LogP contribution >= 0.6 is 0 Å². The van der Waals surface area contributed by atoms with Crippen molar-refractivity contribution in [1.82, 2.24) is 10.6 Å². The van der Waals surface area contributed by atoms with Gasteiger partial charge in [0.25, 0.3) is 0 Å². The molecule has 0 unspecified atom stereocenters. The van der Waals surface area contributed by atoms with E-state index in [0.717, 1.165) is 31.6 Å². The van der Waals surface area contributed by atoms with E-state index < -0.39 is 0 Å². The topological polar surface area (TPSA) is 67.4 Å². The van der Waals surface area contributed by atoms with Crippen LogP contribution in [-0.4, -0.2) is 72.8 Å². The van der Waals surface area contributed by atoms with Gasteiger partial charge in [-0.1, -0.05) is 6.07 Å². The highest BCUT2D eigenvalue weighted by molar-refractivity contribution is 5.79. The first-order valence-corrected chi connectivity index (χ1v) is 9.37. The van der Waals surface area contributed by atoms with Crippen LogP contribution in [0.25, 0.3) is 0 Å². The minimum atomic E-state index is -0.202. The number of hydrogen-bond donors (Lipinski definition) is 2. The zero-order valence-corrected chi connectivity index (χ0v) is 16.3. The van der Waals surface area contributed by atoms with Crippen molar-refractivity contribution in [3.63, 3.8) is 0 Å². The molecule has 0 aromatic heterocycles. The van der Waals surface area contributed by atoms with Crippen LogP contribution in [0.4, 0.5) is 10.1 Å². The van der Waals surface area contributed by atoms with E-state index in [0.29, 0.717) is 51.2 Å². The Kier molecular flexibility index (Phi) is 9.89. The Balaban J connectivity index is 1.71. The molecule has 1 aromatic carbocycles. The minimum absolute atomic E-state index is 0.202. The molecule has 1 fully saturated rings. The van der Waals surface area contributed by atoms with Crippen molar-refractivity contribution >= 4 is 11.6 Å². The van der Waals surface area contributed by atoms with Gasteiger partial charge in [0.15, 0.2) is 5.96 Å². The standard InChI is InChI=1S/C19H31FN4O3/c1-21-19(22-6-3-9-26-13-12-25-2)23-15-16-4-5-18(17(20)14-16)24-7-10-27-11-8-24/h4-5,14H,3,6-13,15H2,1-2H3,(H2,21,22,23). The number of aliphatic imine (C=N–C) groups is 1. The predicted octanol–water partition coefficient (Wildman–Crippen LogP) is 1.38. The molecule has 0 aliphatic carbocycles. The fourth-order valence-electron chi connectivity index (χ4n) is 2.75. The zero-order chi connectivity index (χ0) is 19.3. The number of hydrogen-bond acceptors (Lipinski definition) is 5. The van der Waals surface area contributed by atoms with Gasteiger partial charge in [0, 0.05) is 46.9 Å². The van der Waals surface area contributed by atoms with Crippen LogP contribution in [0.15, 0.2) is 23.2 Å². The van der Waals surface area contributed by atoms with Gasteiger partial charge < -0.3 is 29.7 Å². The molecule has 8 heteroatoms. The first kappa shape index (κ1) is 21.4. The average Bonchev–Trinajstić information content (AvgIpc) is 2.70. The molecule has 1 aliphatic rings. The summed E-state index contributed by atoms with van der Waals surface area (Å²) in [7, 11) is 3.37. The smallest absolute Gasteiger partial charge is 0.191 e. The molecule has 0 bridgehead atoms. The van der Waals surface area contributed by atoms with Crippen LogP contribution in [-0.2, 0) is 20.8 Å². The van der Waals surface area contributed by atoms with Gasteiger partial charge in [-0.05, 0) is 24.1 Å². The van der Waals surface area contributed by atoms with E-state index in [2.05, 4.69) is 15.6 Å². The number of halogens is 1. The van der Waals surface area contributed by atoms with Gasteiger partial charge in [-0.2, -0.15) is 0 Å². The van der Waals surface area contributed by atoms with Crippen molar-refractivity contribution < 1.29 is 18.6 Å². The summed E-state index contributed by atoms with van der Waals surface area (Å²) in [6.45, 7) is 5.86. The molecule has 2 N–H and O–H groups in total. The number of methoxy groups -OCH3 is 1. The number of ether oxygens (including phenoxy) is 3. The molecule has 7 nitrogen and oxygen atoms in total. The maximum atomic E-state index is 14.4. The summed E-state index contributed by atoms with van der Waals surface area (Å²) in [5.41, 5.74) is 1.51. The molecule has 2 rings (SSSR count). The normalized spacial score (nSPS) is 15.1. The molecular formula is C19H31FN4O3. The SMILES string of the molecule is CN=C(NCCCOCCOC)NCc1ccc(N2CCOCC2)c(F)c1. The van der Waals surface area contributed by atoms with Crippen LogP contribution in [0.2, 0.25) is 0 Å². The molecule has 0 atom stereocenters. The van der Waals surface area contributed by atoms with E-state index in [1.54, 1.807) is 20.2 Å². The summed E-state index contributed by atoms with van der Waals surface area (Å²) >= 11 is 0. The van der Waals surface area contributed by atoms with E-state index in [9.17, 15) is 4.39 Å². The Hall–Kier alpha value is -1.90. The van der Waals surface area contributed by atoms with E-state index in [4.69, 9.17) is 14.2 Å². The third kappa shape index (κ3) is 7.70. The highest BCUT2D eigenvalue weighted by Crippen LogP contribution is 2.21. The number of nitrogens with zero attached hydrogens (tertiary/aromatic N) is 2. The zero-order valence-electron chi connectivity index (χ0n) is 16.3. The average molecular weight is 382 g/mol. The number of morpholine rings is 1. The lowest BCUT2D eigenvalue weighted by Crippen LogP contribution is -2.38. The van der Waals surface area contributed by atoms with Gasteiger partial charge in [-0.25, -0.2) is 4.39 Å². The summed E-state index contributed by atoms with van der Waals surface area (Å²) in [6, 6.07) is 5.36. The van der Waals surface area contributed by atoms with Gasteiger partial charge >= 0.3 is 0 Å². The summed E-state index contributed by atoms with van der Waals surface area (Å²) in [6.07, 6.45) is 0.868. The third-order valence-corrected chi connectivity index (χ3v) is 4.24. The summed E-state index contributed by atoms with van der Waals surface area (Å²) < 4.78 is 30.1. The summed E-state index contributed by atoms with van der Waals surface area (Å²) in [5.74, 6) is 0.483. The molecule has 1 aromatic rings. The lowest BCUT2D eigenvalue weighted by Gasteiger charge is -2.29. The van der Waals surface area contributed by atoms with Crippen LogP contribution in [0.5, 0.6) is 0 Å².